The molecular formula is C20H21ClN6O. The van der Waals surface area contributed by atoms with E-state index in [0.717, 1.165) is 40.8 Å². The Morgan fingerprint density at radius 1 is 1.18 bits per heavy atom. The fourth-order valence-electron chi connectivity index (χ4n) is 3.62. The van der Waals surface area contributed by atoms with Gasteiger partial charge in [-0.15, -0.1) is 12.4 Å². The summed E-state index contributed by atoms with van der Waals surface area (Å²) in [5.41, 5.74) is 4.28. The molecule has 1 saturated heterocycles. The minimum atomic E-state index is 0. The minimum Gasteiger partial charge on any atom is -0.476 e. The third-order valence-electron chi connectivity index (χ3n) is 5.04. The second-order valence-electron chi connectivity index (χ2n) is 6.88. The van der Waals surface area contributed by atoms with Crippen molar-refractivity contribution in [1.82, 2.24) is 30.2 Å². The third-order valence-corrected chi connectivity index (χ3v) is 5.04. The van der Waals surface area contributed by atoms with Gasteiger partial charge in [-0.3, -0.25) is 9.97 Å². The number of ether oxygens (including phenoxy) is 1. The first-order chi connectivity index (χ1) is 13.4. The normalized spacial score (nSPS) is 16.8. The van der Waals surface area contributed by atoms with E-state index in [2.05, 4.69) is 25.3 Å². The molecule has 2 N–H and O–H groups in total. The number of rotatable bonds is 4. The number of nitrogens with one attached hydrogen (secondary N) is 2. The van der Waals surface area contributed by atoms with Crippen molar-refractivity contribution in [2.24, 2.45) is 5.92 Å². The van der Waals surface area contributed by atoms with Crippen LogP contribution in [0.4, 0.5) is 0 Å². The van der Waals surface area contributed by atoms with Gasteiger partial charge in [-0.05, 0) is 31.5 Å². The topological polar surface area (TPSA) is 88.6 Å². The molecule has 8 heteroatoms. The van der Waals surface area contributed by atoms with Gasteiger partial charge in [0.25, 0.3) is 0 Å². The van der Waals surface area contributed by atoms with Crippen LogP contribution in [-0.4, -0.2) is 44.6 Å². The second-order valence-corrected chi connectivity index (χ2v) is 6.88. The van der Waals surface area contributed by atoms with Crippen LogP contribution in [0.5, 0.6) is 5.88 Å². The average Bonchev–Trinajstić information content (AvgIpc) is 3.17. The predicted octanol–water partition coefficient (Wildman–Crippen LogP) is 3.37. The van der Waals surface area contributed by atoms with Gasteiger partial charge in [-0.1, -0.05) is 0 Å². The zero-order valence-electron chi connectivity index (χ0n) is 15.3. The maximum atomic E-state index is 6.13. The van der Waals surface area contributed by atoms with Crippen LogP contribution in [0, 0.1) is 5.92 Å². The van der Waals surface area contributed by atoms with E-state index in [1.165, 1.54) is 12.8 Å². The molecule has 1 aliphatic heterocycles. The van der Waals surface area contributed by atoms with E-state index in [0.29, 0.717) is 23.9 Å². The van der Waals surface area contributed by atoms with Crippen molar-refractivity contribution < 1.29 is 4.74 Å². The number of pyridine rings is 2. The molecule has 1 atom stereocenters. The van der Waals surface area contributed by atoms with E-state index in [9.17, 15) is 0 Å². The zero-order chi connectivity index (χ0) is 18.1. The SMILES string of the molecule is Cl.c1cc2[nH]cc(-c3cc4nccnc4c(OC[C@H]4CCCNC4)n3)c2cn1. The second kappa shape index (κ2) is 8.08. The Balaban J connectivity index is 0.00000192. The van der Waals surface area contributed by atoms with Crippen LogP contribution in [0.15, 0.2) is 43.1 Å². The highest BCUT2D eigenvalue weighted by molar-refractivity contribution is 5.96. The molecule has 1 fully saturated rings. The van der Waals surface area contributed by atoms with Crippen molar-refractivity contribution in [1.29, 1.82) is 0 Å². The van der Waals surface area contributed by atoms with E-state index in [1.54, 1.807) is 18.6 Å². The Hall–Kier alpha value is -2.77. The van der Waals surface area contributed by atoms with Gasteiger partial charge in [0.15, 0.2) is 5.52 Å². The molecule has 0 aromatic carbocycles. The fraction of sp³-hybridized carbons (Fsp3) is 0.300. The highest BCUT2D eigenvalue weighted by atomic mass is 35.5. The summed E-state index contributed by atoms with van der Waals surface area (Å²) in [6, 6.07) is 3.90. The van der Waals surface area contributed by atoms with Crippen LogP contribution in [-0.2, 0) is 0 Å². The van der Waals surface area contributed by atoms with Crippen LogP contribution in [0.2, 0.25) is 0 Å². The highest BCUT2D eigenvalue weighted by Crippen LogP contribution is 2.31. The monoisotopic (exact) mass is 396 g/mol. The Kier molecular flexibility index (Phi) is 5.36. The molecule has 0 spiro atoms. The summed E-state index contributed by atoms with van der Waals surface area (Å²) in [5.74, 6) is 1.03. The number of halogens is 1. The molecule has 0 aliphatic carbocycles. The summed E-state index contributed by atoms with van der Waals surface area (Å²) in [6.45, 7) is 2.70. The van der Waals surface area contributed by atoms with Crippen molar-refractivity contribution >= 4 is 34.3 Å². The van der Waals surface area contributed by atoms with Gasteiger partial charge >= 0.3 is 0 Å². The van der Waals surface area contributed by atoms with Crippen LogP contribution >= 0.6 is 12.4 Å². The highest BCUT2D eigenvalue weighted by Gasteiger charge is 2.17. The minimum absolute atomic E-state index is 0. The smallest absolute Gasteiger partial charge is 0.242 e. The molecule has 4 aromatic rings. The average molecular weight is 397 g/mol. The maximum absolute atomic E-state index is 6.13. The number of hydrogen-bond acceptors (Lipinski definition) is 6. The van der Waals surface area contributed by atoms with Crippen LogP contribution in [0.3, 0.4) is 0 Å². The van der Waals surface area contributed by atoms with Gasteiger partial charge in [0.2, 0.25) is 5.88 Å². The first-order valence-corrected chi connectivity index (χ1v) is 9.25. The summed E-state index contributed by atoms with van der Waals surface area (Å²) in [4.78, 5) is 21.2. The summed E-state index contributed by atoms with van der Waals surface area (Å²) < 4.78 is 6.13. The van der Waals surface area contributed by atoms with Crippen molar-refractivity contribution in [3.05, 3.63) is 43.1 Å². The predicted molar refractivity (Wildman–Crippen MR) is 111 cm³/mol. The maximum Gasteiger partial charge on any atom is 0.242 e. The lowest BCUT2D eigenvalue weighted by Gasteiger charge is -2.22. The molecule has 5 heterocycles. The molecule has 0 unspecified atom stereocenters. The van der Waals surface area contributed by atoms with Crippen LogP contribution < -0.4 is 10.1 Å². The molecular weight excluding hydrogens is 376 g/mol. The Bertz CT molecular complexity index is 1090. The quantitative estimate of drug-likeness (QED) is 0.549. The third kappa shape index (κ3) is 3.50. The van der Waals surface area contributed by atoms with E-state index in [4.69, 9.17) is 9.72 Å². The van der Waals surface area contributed by atoms with Gasteiger partial charge in [-0.25, -0.2) is 9.97 Å². The molecule has 1 aliphatic rings. The molecule has 144 valence electrons. The molecule has 0 saturated carbocycles. The number of hydrogen-bond donors (Lipinski definition) is 2. The lowest BCUT2D eigenvalue weighted by atomic mass is 10.0. The molecule has 4 aromatic heterocycles. The standard InChI is InChI=1S/C20H20N6O.ClH/c1-2-13(9-21-4-1)12-27-20-19-18(23-6-7-24-19)8-17(26-20)15-11-25-16-3-5-22-10-14(15)16;/h3,5-8,10-11,13,21,25H,1-2,4,9,12H2;1H/t13-;/m0./s1. The first kappa shape index (κ1) is 18.6. The van der Waals surface area contributed by atoms with Gasteiger partial charge in [-0.2, -0.15) is 0 Å². The summed E-state index contributed by atoms with van der Waals surface area (Å²) in [7, 11) is 0. The van der Waals surface area contributed by atoms with Gasteiger partial charge < -0.3 is 15.0 Å². The zero-order valence-corrected chi connectivity index (χ0v) is 16.1. The molecule has 7 nitrogen and oxygen atoms in total. The summed E-state index contributed by atoms with van der Waals surface area (Å²) in [6.07, 6.45) is 11.3. The van der Waals surface area contributed by atoms with Crippen LogP contribution in [0.1, 0.15) is 12.8 Å². The Labute approximate surface area is 168 Å². The largest absolute Gasteiger partial charge is 0.476 e. The number of aromatic amines is 1. The first-order valence-electron chi connectivity index (χ1n) is 9.25. The molecule has 28 heavy (non-hydrogen) atoms. The Morgan fingerprint density at radius 3 is 3.00 bits per heavy atom. The number of H-pyrrole nitrogens is 1. The van der Waals surface area contributed by atoms with Crippen molar-refractivity contribution in [2.45, 2.75) is 12.8 Å². The van der Waals surface area contributed by atoms with Crippen molar-refractivity contribution in [3.8, 4) is 17.1 Å². The number of fused-ring (bicyclic) bond motifs is 2. The number of piperidine rings is 1. The van der Waals surface area contributed by atoms with E-state index in [-0.39, 0.29) is 12.4 Å². The number of aromatic nitrogens is 5. The summed E-state index contributed by atoms with van der Waals surface area (Å²) in [5, 5.41) is 4.45. The van der Waals surface area contributed by atoms with E-state index < -0.39 is 0 Å². The van der Waals surface area contributed by atoms with Gasteiger partial charge in [0.05, 0.1) is 17.8 Å². The van der Waals surface area contributed by atoms with Gasteiger partial charge in [0, 0.05) is 59.9 Å². The molecule has 0 amide bonds. The van der Waals surface area contributed by atoms with Crippen molar-refractivity contribution in [3.63, 3.8) is 0 Å². The van der Waals surface area contributed by atoms with E-state index >= 15 is 0 Å². The van der Waals surface area contributed by atoms with Gasteiger partial charge in [0.1, 0.15) is 0 Å². The van der Waals surface area contributed by atoms with Crippen molar-refractivity contribution in [2.75, 3.05) is 19.7 Å². The summed E-state index contributed by atoms with van der Waals surface area (Å²) >= 11 is 0. The molecule has 0 radical (unpaired) electrons. The molecule has 0 bridgehead atoms. The fourth-order valence-corrected chi connectivity index (χ4v) is 3.62. The van der Waals surface area contributed by atoms with Crippen LogP contribution in [0.25, 0.3) is 33.2 Å². The van der Waals surface area contributed by atoms with E-state index in [1.807, 2.05) is 24.5 Å². The molecule has 5 rings (SSSR count). The lowest BCUT2D eigenvalue weighted by molar-refractivity contribution is 0.214. The lowest BCUT2D eigenvalue weighted by Crippen LogP contribution is -2.33. The Morgan fingerprint density at radius 2 is 2.11 bits per heavy atom. The number of nitrogens with zero attached hydrogens (tertiary/aromatic N) is 4.